The van der Waals surface area contributed by atoms with Crippen LogP contribution in [0.3, 0.4) is 0 Å². The Morgan fingerprint density at radius 3 is 2.81 bits per heavy atom. The van der Waals surface area contributed by atoms with E-state index in [1.807, 2.05) is 0 Å². The molecule has 1 aliphatic heterocycles. The zero-order valence-corrected chi connectivity index (χ0v) is 13.0. The summed E-state index contributed by atoms with van der Waals surface area (Å²) >= 11 is 5.60. The number of alkyl halides is 1. The molecule has 1 heterocycles. The number of piperidine rings is 1. The molecule has 0 radical (unpaired) electrons. The van der Waals surface area contributed by atoms with Crippen molar-refractivity contribution in [2.24, 2.45) is 0 Å². The zero-order valence-electron chi connectivity index (χ0n) is 12.2. The second-order valence-corrected chi connectivity index (χ2v) is 5.51. The second-order valence-electron chi connectivity index (χ2n) is 5.13. The van der Waals surface area contributed by atoms with E-state index in [0.29, 0.717) is 24.7 Å². The summed E-state index contributed by atoms with van der Waals surface area (Å²) in [6.07, 6.45) is 4.46. The molecule has 0 spiro atoms. The van der Waals surface area contributed by atoms with Gasteiger partial charge in [-0.2, -0.15) is 0 Å². The van der Waals surface area contributed by atoms with Crippen molar-refractivity contribution in [3.05, 3.63) is 29.6 Å². The fourth-order valence-corrected chi connectivity index (χ4v) is 2.49. The number of rotatable bonds is 5. The first-order valence-electron chi connectivity index (χ1n) is 7.49. The summed E-state index contributed by atoms with van der Waals surface area (Å²) in [6.45, 7) is 3.71. The average molecular weight is 310 g/mol. The van der Waals surface area contributed by atoms with Gasteiger partial charge in [-0.05, 0) is 38.1 Å². The first-order chi connectivity index (χ1) is 10.3. The predicted molar refractivity (Wildman–Crippen MR) is 84.4 cm³/mol. The number of halogens is 2. The van der Waals surface area contributed by atoms with Crippen LogP contribution in [0.15, 0.2) is 18.2 Å². The van der Waals surface area contributed by atoms with Crippen LogP contribution >= 0.6 is 11.6 Å². The van der Waals surface area contributed by atoms with Gasteiger partial charge in [-0.25, -0.2) is 4.39 Å². The molecule has 0 aliphatic carbocycles. The highest BCUT2D eigenvalue weighted by Gasteiger charge is 2.10. The van der Waals surface area contributed by atoms with E-state index in [1.165, 1.54) is 31.4 Å². The van der Waals surface area contributed by atoms with Crippen LogP contribution in [0.1, 0.15) is 31.2 Å². The standard InChI is InChI=1S/C17H21ClFNO/c18-9-3-2-6-15-7-8-16(19)14-17(15)21-13-12-20-10-4-1-5-11-20/h7-8,14H,1,3-5,9-13H2. The molecule has 4 heteroatoms. The van der Waals surface area contributed by atoms with Crippen molar-refractivity contribution in [1.29, 1.82) is 0 Å². The van der Waals surface area contributed by atoms with Crippen LogP contribution in [0.5, 0.6) is 5.75 Å². The van der Waals surface area contributed by atoms with Crippen LogP contribution < -0.4 is 4.74 Å². The molecule has 0 N–H and O–H groups in total. The lowest BCUT2D eigenvalue weighted by Crippen LogP contribution is -2.33. The molecule has 2 nitrogen and oxygen atoms in total. The Morgan fingerprint density at radius 2 is 2.05 bits per heavy atom. The molecule has 0 saturated carbocycles. The number of ether oxygens (including phenoxy) is 1. The topological polar surface area (TPSA) is 12.5 Å². The Labute approximate surface area is 131 Å². The number of nitrogens with zero attached hydrogens (tertiary/aromatic N) is 1. The molecule has 0 aromatic heterocycles. The summed E-state index contributed by atoms with van der Waals surface area (Å²) in [7, 11) is 0. The fourth-order valence-electron chi connectivity index (χ4n) is 2.39. The van der Waals surface area contributed by atoms with Gasteiger partial charge in [-0.3, -0.25) is 4.90 Å². The lowest BCUT2D eigenvalue weighted by molar-refractivity contribution is 0.183. The molecular formula is C17H21ClFNO. The normalized spacial score (nSPS) is 15.3. The Morgan fingerprint density at radius 1 is 1.24 bits per heavy atom. The highest BCUT2D eigenvalue weighted by Crippen LogP contribution is 2.19. The van der Waals surface area contributed by atoms with Gasteiger partial charge in [0.15, 0.2) is 0 Å². The van der Waals surface area contributed by atoms with E-state index >= 15 is 0 Å². The molecule has 1 fully saturated rings. The number of hydrogen-bond acceptors (Lipinski definition) is 2. The highest BCUT2D eigenvalue weighted by atomic mass is 35.5. The van der Waals surface area contributed by atoms with Crippen LogP contribution in [0.2, 0.25) is 0 Å². The van der Waals surface area contributed by atoms with Crippen molar-refractivity contribution >= 4 is 11.6 Å². The van der Waals surface area contributed by atoms with Gasteiger partial charge in [0.25, 0.3) is 0 Å². The molecule has 0 amide bonds. The van der Waals surface area contributed by atoms with Crippen LogP contribution in [0.4, 0.5) is 4.39 Å². The molecule has 0 bridgehead atoms. The highest BCUT2D eigenvalue weighted by molar-refractivity contribution is 6.18. The maximum atomic E-state index is 13.4. The van der Waals surface area contributed by atoms with E-state index in [2.05, 4.69) is 16.7 Å². The third-order valence-corrected chi connectivity index (χ3v) is 3.69. The quantitative estimate of drug-likeness (QED) is 0.608. The predicted octanol–water partition coefficient (Wildman–Crippen LogP) is 3.67. The van der Waals surface area contributed by atoms with E-state index in [-0.39, 0.29) is 5.82 Å². The van der Waals surface area contributed by atoms with Crippen molar-refractivity contribution in [1.82, 2.24) is 4.90 Å². The molecule has 114 valence electrons. The number of hydrogen-bond donors (Lipinski definition) is 0. The van der Waals surface area contributed by atoms with Crippen molar-refractivity contribution < 1.29 is 9.13 Å². The number of likely N-dealkylation sites (tertiary alicyclic amines) is 1. The third-order valence-electron chi connectivity index (χ3n) is 3.50. The van der Waals surface area contributed by atoms with Gasteiger partial charge in [-0.15, -0.1) is 11.6 Å². The van der Waals surface area contributed by atoms with Crippen molar-refractivity contribution in [3.8, 4) is 17.6 Å². The van der Waals surface area contributed by atoms with Gasteiger partial charge in [0.05, 0.1) is 5.56 Å². The molecule has 21 heavy (non-hydrogen) atoms. The molecule has 0 atom stereocenters. The van der Waals surface area contributed by atoms with E-state index < -0.39 is 0 Å². The fraction of sp³-hybridized carbons (Fsp3) is 0.529. The van der Waals surface area contributed by atoms with E-state index in [1.54, 1.807) is 6.07 Å². The van der Waals surface area contributed by atoms with Gasteiger partial charge in [0.2, 0.25) is 0 Å². The lowest BCUT2D eigenvalue weighted by Gasteiger charge is -2.26. The molecule has 1 aliphatic rings. The minimum Gasteiger partial charge on any atom is -0.491 e. The summed E-state index contributed by atoms with van der Waals surface area (Å²) in [4.78, 5) is 2.39. The van der Waals surface area contributed by atoms with Gasteiger partial charge >= 0.3 is 0 Å². The van der Waals surface area contributed by atoms with E-state index in [9.17, 15) is 4.39 Å². The smallest absolute Gasteiger partial charge is 0.137 e. The largest absolute Gasteiger partial charge is 0.491 e. The Hall–Kier alpha value is -1.24. The molecule has 0 unspecified atom stereocenters. The molecular weight excluding hydrogens is 289 g/mol. The second kappa shape index (κ2) is 8.92. The van der Waals surface area contributed by atoms with Gasteiger partial charge < -0.3 is 4.74 Å². The van der Waals surface area contributed by atoms with Crippen molar-refractivity contribution in [2.75, 3.05) is 32.1 Å². The van der Waals surface area contributed by atoms with Crippen LogP contribution in [-0.4, -0.2) is 37.0 Å². The number of benzene rings is 1. The maximum Gasteiger partial charge on any atom is 0.137 e. The molecule has 1 aromatic rings. The lowest BCUT2D eigenvalue weighted by atomic mass is 10.1. The monoisotopic (exact) mass is 309 g/mol. The van der Waals surface area contributed by atoms with Gasteiger partial charge in [0, 0.05) is 24.9 Å². The van der Waals surface area contributed by atoms with Crippen molar-refractivity contribution in [2.45, 2.75) is 25.7 Å². The van der Waals surface area contributed by atoms with Crippen LogP contribution in [0.25, 0.3) is 0 Å². The van der Waals surface area contributed by atoms with Crippen LogP contribution in [-0.2, 0) is 0 Å². The third kappa shape index (κ3) is 5.57. The summed E-state index contributed by atoms with van der Waals surface area (Å²) < 4.78 is 19.1. The van der Waals surface area contributed by atoms with Gasteiger partial charge in [-0.1, -0.05) is 18.3 Å². The summed E-state index contributed by atoms with van der Waals surface area (Å²) in [6, 6.07) is 4.47. The summed E-state index contributed by atoms with van der Waals surface area (Å²) in [5.41, 5.74) is 0.722. The van der Waals surface area contributed by atoms with E-state index in [4.69, 9.17) is 16.3 Å². The minimum atomic E-state index is -0.300. The Bertz CT molecular complexity index is 503. The SMILES string of the molecule is Fc1ccc(C#CCCCl)c(OCCN2CCCCC2)c1. The zero-order chi connectivity index (χ0) is 14.9. The van der Waals surface area contributed by atoms with Crippen molar-refractivity contribution in [3.63, 3.8) is 0 Å². The maximum absolute atomic E-state index is 13.4. The first kappa shape index (κ1) is 16.1. The average Bonchev–Trinajstić information content (AvgIpc) is 2.51. The molecule has 2 rings (SSSR count). The molecule has 1 aromatic carbocycles. The Kier molecular flexibility index (Phi) is 6.85. The minimum absolute atomic E-state index is 0.300. The first-order valence-corrected chi connectivity index (χ1v) is 8.02. The summed E-state index contributed by atoms with van der Waals surface area (Å²) in [5, 5.41) is 0. The van der Waals surface area contributed by atoms with E-state index in [0.717, 1.165) is 25.2 Å². The van der Waals surface area contributed by atoms with Gasteiger partial charge in [0.1, 0.15) is 18.2 Å². The van der Waals surface area contributed by atoms with Crippen LogP contribution in [0, 0.1) is 17.7 Å². The summed E-state index contributed by atoms with van der Waals surface area (Å²) in [5.74, 6) is 6.67. The molecule has 1 saturated heterocycles. The Balaban J connectivity index is 1.91.